The van der Waals surface area contributed by atoms with E-state index in [4.69, 9.17) is 4.74 Å². The average molecular weight is 305 g/mol. The van der Waals surface area contributed by atoms with Crippen molar-refractivity contribution in [2.45, 2.75) is 32.9 Å². The van der Waals surface area contributed by atoms with E-state index in [-0.39, 0.29) is 6.54 Å². The van der Waals surface area contributed by atoms with E-state index in [0.29, 0.717) is 16.9 Å². The minimum absolute atomic E-state index is 0.206. The Morgan fingerprint density at radius 1 is 1.32 bits per heavy atom. The zero-order chi connectivity index (χ0) is 16.3. The van der Waals surface area contributed by atoms with Gasteiger partial charge in [0.15, 0.2) is 0 Å². The van der Waals surface area contributed by atoms with E-state index in [9.17, 15) is 9.59 Å². The lowest BCUT2D eigenvalue weighted by molar-refractivity contribution is 0.0521. The normalized spacial score (nSPS) is 11.3. The summed E-state index contributed by atoms with van der Waals surface area (Å²) in [5.41, 5.74) is 1.28. The Hall–Kier alpha value is -2.57. The number of carbonyl (C=O) groups is 2. The minimum atomic E-state index is -0.548. The van der Waals surface area contributed by atoms with E-state index in [1.165, 1.54) is 7.11 Å². The molecule has 1 heterocycles. The lowest BCUT2D eigenvalue weighted by Crippen LogP contribution is -2.32. The maximum Gasteiger partial charge on any atom is 0.408 e. The molecule has 0 aliphatic carbocycles. The summed E-state index contributed by atoms with van der Waals surface area (Å²) in [5, 5.41) is 2.62. The predicted molar refractivity (Wildman–Crippen MR) is 80.5 cm³/mol. The van der Waals surface area contributed by atoms with Gasteiger partial charge in [-0.2, -0.15) is 0 Å². The first-order valence-electron chi connectivity index (χ1n) is 6.82. The quantitative estimate of drug-likeness (QED) is 0.849. The van der Waals surface area contributed by atoms with Crippen molar-refractivity contribution < 1.29 is 19.1 Å². The lowest BCUT2D eigenvalue weighted by Gasteiger charge is -2.19. The number of ether oxygens (including phenoxy) is 2. The molecule has 1 aromatic heterocycles. The second-order valence-corrected chi connectivity index (χ2v) is 5.76. The molecule has 2 aromatic rings. The molecule has 22 heavy (non-hydrogen) atoms. The molecule has 7 heteroatoms. The Balaban J connectivity index is 2.07. The van der Waals surface area contributed by atoms with Crippen LogP contribution in [0.4, 0.5) is 4.79 Å². The van der Waals surface area contributed by atoms with Gasteiger partial charge in [0.2, 0.25) is 0 Å². The van der Waals surface area contributed by atoms with Crippen molar-refractivity contribution >= 4 is 23.1 Å². The second kappa shape index (κ2) is 6.05. The van der Waals surface area contributed by atoms with E-state index in [1.807, 2.05) is 0 Å². The van der Waals surface area contributed by atoms with Gasteiger partial charge in [0.05, 0.1) is 30.3 Å². The molecular weight excluding hydrogens is 286 g/mol. The number of nitrogens with one attached hydrogen (secondary N) is 2. The molecule has 2 N–H and O–H groups in total. The molecule has 0 spiro atoms. The molecule has 7 nitrogen and oxygen atoms in total. The number of nitrogens with zero attached hydrogens (tertiary/aromatic N) is 1. The molecular formula is C15H19N3O4. The molecule has 0 bridgehead atoms. The summed E-state index contributed by atoms with van der Waals surface area (Å²) >= 11 is 0. The highest BCUT2D eigenvalue weighted by Crippen LogP contribution is 2.14. The molecule has 1 amide bonds. The van der Waals surface area contributed by atoms with Gasteiger partial charge in [-0.25, -0.2) is 14.6 Å². The number of fused-ring (bicyclic) bond motifs is 1. The fourth-order valence-corrected chi connectivity index (χ4v) is 1.86. The van der Waals surface area contributed by atoms with E-state index in [0.717, 1.165) is 5.52 Å². The standard InChI is InChI=1S/C15H19N3O4/c1-15(2,3)22-14(20)16-8-12-17-10-6-5-9(13(19)21-4)7-11(10)18-12/h5-7H,8H2,1-4H3,(H,16,20)(H,17,18). The van der Waals surface area contributed by atoms with E-state index < -0.39 is 17.7 Å². The lowest BCUT2D eigenvalue weighted by atomic mass is 10.2. The zero-order valence-corrected chi connectivity index (χ0v) is 13.0. The van der Waals surface area contributed by atoms with Crippen molar-refractivity contribution in [3.8, 4) is 0 Å². The van der Waals surface area contributed by atoms with Gasteiger partial charge in [-0.05, 0) is 39.0 Å². The van der Waals surface area contributed by atoms with Crippen LogP contribution in [-0.2, 0) is 16.0 Å². The zero-order valence-electron chi connectivity index (χ0n) is 13.0. The highest BCUT2D eigenvalue weighted by molar-refractivity contribution is 5.93. The molecule has 1 aromatic carbocycles. The fraction of sp³-hybridized carbons (Fsp3) is 0.400. The Morgan fingerprint density at radius 3 is 2.68 bits per heavy atom. The highest BCUT2D eigenvalue weighted by Gasteiger charge is 2.16. The summed E-state index contributed by atoms with van der Waals surface area (Å²) in [4.78, 5) is 30.5. The Bertz CT molecular complexity index is 700. The number of hydrogen-bond acceptors (Lipinski definition) is 5. The number of methoxy groups -OCH3 is 1. The first kappa shape index (κ1) is 15.8. The number of alkyl carbamates (subject to hydrolysis) is 1. The van der Waals surface area contributed by atoms with Crippen molar-refractivity contribution in [3.63, 3.8) is 0 Å². The number of carbonyl (C=O) groups excluding carboxylic acids is 2. The second-order valence-electron chi connectivity index (χ2n) is 5.76. The highest BCUT2D eigenvalue weighted by atomic mass is 16.6. The topological polar surface area (TPSA) is 93.3 Å². The third-order valence-electron chi connectivity index (χ3n) is 2.75. The van der Waals surface area contributed by atoms with E-state index >= 15 is 0 Å². The third kappa shape index (κ3) is 3.97. The third-order valence-corrected chi connectivity index (χ3v) is 2.75. The fourth-order valence-electron chi connectivity index (χ4n) is 1.86. The summed E-state index contributed by atoms with van der Waals surface area (Å²) in [7, 11) is 1.33. The largest absolute Gasteiger partial charge is 0.465 e. The summed E-state index contributed by atoms with van der Waals surface area (Å²) < 4.78 is 9.81. The maximum absolute atomic E-state index is 11.6. The monoisotopic (exact) mass is 305 g/mol. The molecule has 2 rings (SSSR count). The van der Waals surface area contributed by atoms with Crippen LogP contribution in [0.25, 0.3) is 11.0 Å². The molecule has 0 unspecified atom stereocenters. The molecule has 0 aliphatic rings. The Labute approximate surface area is 128 Å². The Kier molecular flexibility index (Phi) is 4.35. The molecule has 0 radical (unpaired) electrons. The first-order valence-corrected chi connectivity index (χ1v) is 6.82. The van der Waals surface area contributed by atoms with E-state index in [1.54, 1.807) is 39.0 Å². The summed E-state index contributed by atoms with van der Waals surface area (Å²) in [6.07, 6.45) is -0.511. The smallest absolute Gasteiger partial charge is 0.408 e. The van der Waals surface area contributed by atoms with Crippen LogP contribution in [0.5, 0.6) is 0 Å². The van der Waals surface area contributed by atoms with Gasteiger partial charge in [0.25, 0.3) is 0 Å². The van der Waals surface area contributed by atoms with Crippen molar-refractivity contribution in [2.24, 2.45) is 0 Å². The minimum Gasteiger partial charge on any atom is -0.465 e. The summed E-state index contributed by atoms with van der Waals surface area (Å²) in [5.74, 6) is 0.154. The van der Waals surface area contributed by atoms with Gasteiger partial charge in [-0.3, -0.25) is 0 Å². The molecule has 0 aliphatic heterocycles. The van der Waals surface area contributed by atoms with Crippen LogP contribution in [0.2, 0.25) is 0 Å². The predicted octanol–water partition coefficient (Wildman–Crippen LogP) is 2.37. The molecule has 0 saturated carbocycles. The van der Waals surface area contributed by atoms with Gasteiger partial charge in [-0.15, -0.1) is 0 Å². The van der Waals surface area contributed by atoms with Gasteiger partial charge in [0, 0.05) is 0 Å². The van der Waals surface area contributed by atoms with Crippen molar-refractivity contribution in [2.75, 3.05) is 7.11 Å². The van der Waals surface area contributed by atoms with Gasteiger partial charge in [-0.1, -0.05) is 0 Å². The summed E-state index contributed by atoms with van der Waals surface area (Å²) in [6, 6.07) is 5.03. The van der Waals surface area contributed by atoms with Crippen LogP contribution in [0.1, 0.15) is 37.0 Å². The van der Waals surface area contributed by atoms with Crippen molar-refractivity contribution in [1.82, 2.24) is 15.3 Å². The molecule has 0 fully saturated rings. The average Bonchev–Trinajstić information content (AvgIpc) is 2.84. The number of esters is 1. The van der Waals surface area contributed by atoms with Crippen LogP contribution >= 0.6 is 0 Å². The van der Waals surface area contributed by atoms with Crippen molar-refractivity contribution in [3.05, 3.63) is 29.6 Å². The van der Waals surface area contributed by atoms with Crippen LogP contribution in [0, 0.1) is 0 Å². The number of benzene rings is 1. The van der Waals surface area contributed by atoms with Crippen LogP contribution in [0.15, 0.2) is 18.2 Å². The van der Waals surface area contributed by atoms with Crippen LogP contribution < -0.4 is 5.32 Å². The maximum atomic E-state index is 11.6. The number of aromatic amines is 1. The number of rotatable bonds is 3. The molecule has 0 saturated heterocycles. The van der Waals surface area contributed by atoms with Gasteiger partial charge < -0.3 is 19.8 Å². The van der Waals surface area contributed by atoms with Crippen LogP contribution in [0.3, 0.4) is 0 Å². The summed E-state index contributed by atoms with van der Waals surface area (Å²) in [6.45, 7) is 5.59. The number of imidazole rings is 1. The Morgan fingerprint density at radius 2 is 2.05 bits per heavy atom. The first-order chi connectivity index (χ1) is 10.3. The van der Waals surface area contributed by atoms with Crippen LogP contribution in [-0.4, -0.2) is 34.7 Å². The van der Waals surface area contributed by atoms with Gasteiger partial charge in [0.1, 0.15) is 11.4 Å². The number of H-pyrrole nitrogens is 1. The SMILES string of the molecule is COC(=O)c1ccc2[nH]c(CNC(=O)OC(C)(C)C)nc2c1. The molecule has 118 valence electrons. The number of amides is 1. The van der Waals surface area contributed by atoms with Gasteiger partial charge >= 0.3 is 12.1 Å². The number of aromatic nitrogens is 2. The van der Waals surface area contributed by atoms with E-state index in [2.05, 4.69) is 20.0 Å². The molecule has 0 atom stereocenters. The number of hydrogen-bond donors (Lipinski definition) is 2. The van der Waals surface area contributed by atoms with Crippen molar-refractivity contribution in [1.29, 1.82) is 0 Å².